The molecule has 23 heavy (non-hydrogen) atoms. The van der Waals surface area contributed by atoms with Gasteiger partial charge in [0.05, 0.1) is 19.4 Å². The Labute approximate surface area is 139 Å². The third kappa shape index (κ3) is 3.17. The molecule has 118 valence electrons. The number of para-hydroxylation sites is 1. The molecule has 1 aliphatic heterocycles. The van der Waals surface area contributed by atoms with Gasteiger partial charge in [0.25, 0.3) is 0 Å². The van der Waals surface area contributed by atoms with Crippen molar-refractivity contribution >= 4 is 28.3 Å². The molecular formula is C17H17N3O2S. The normalized spacial score (nSPS) is 14.3. The van der Waals surface area contributed by atoms with Crippen molar-refractivity contribution in [3.63, 3.8) is 0 Å². The van der Waals surface area contributed by atoms with Gasteiger partial charge in [-0.15, -0.1) is 5.10 Å². The Balaban J connectivity index is 1.99. The lowest BCUT2D eigenvalue weighted by Crippen LogP contribution is -2.36. The van der Waals surface area contributed by atoms with Crippen LogP contribution in [0.4, 0.5) is 5.69 Å². The van der Waals surface area contributed by atoms with Crippen LogP contribution >= 0.6 is 11.8 Å². The summed E-state index contributed by atoms with van der Waals surface area (Å²) in [5.74, 6) is 0.840. The first-order chi connectivity index (χ1) is 11.2. The van der Waals surface area contributed by atoms with Crippen molar-refractivity contribution in [2.24, 2.45) is 10.2 Å². The quantitative estimate of drug-likeness (QED) is 0.939. The van der Waals surface area contributed by atoms with Gasteiger partial charge in [0.1, 0.15) is 11.5 Å². The zero-order valence-electron chi connectivity index (χ0n) is 12.9. The molecule has 1 heterocycles. The molecule has 0 atom stereocenters. The van der Waals surface area contributed by atoms with E-state index >= 15 is 0 Å². The second-order valence-corrected chi connectivity index (χ2v) is 5.71. The number of benzene rings is 2. The number of thioether (sulfide) groups is 1. The van der Waals surface area contributed by atoms with Crippen LogP contribution < -0.4 is 9.64 Å². The number of methoxy groups -OCH3 is 1. The molecule has 1 N–H and O–H groups in total. The van der Waals surface area contributed by atoms with Crippen molar-refractivity contribution in [1.82, 2.24) is 0 Å². The van der Waals surface area contributed by atoms with E-state index < -0.39 is 0 Å². The molecule has 1 aliphatic rings. The van der Waals surface area contributed by atoms with Crippen molar-refractivity contribution < 1.29 is 9.84 Å². The Bertz CT molecular complexity index is 760. The van der Waals surface area contributed by atoms with Crippen LogP contribution in [0.2, 0.25) is 0 Å². The number of hydrogen-bond acceptors (Lipinski definition) is 6. The van der Waals surface area contributed by atoms with Crippen LogP contribution in [-0.4, -0.2) is 35.9 Å². The Morgan fingerprint density at radius 3 is 2.61 bits per heavy atom. The number of anilines is 1. The van der Waals surface area contributed by atoms with Crippen molar-refractivity contribution in [1.29, 1.82) is 0 Å². The highest BCUT2D eigenvalue weighted by molar-refractivity contribution is 8.13. The summed E-state index contributed by atoms with van der Waals surface area (Å²) in [6, 6.07) is 15.1. The number of aromatic hydroxyl groups is 1. The summed E-state index contributed by atoms with van der Waals surface area (Å²) in [5.41, 5.74) is 2.37. The maximum atomic E-state index is 10.2. The number of hydrogen-bond donors (Lipinski definition) is 1. The minimum absolute atomic E-state index is 0.167. The van der Waals surface area contributed by atoms with Gasteiger partial charge in [-0.05, 0) is 36.6 Å². The van der Waals surface area contributed by atoms with Gasteiger partial charge < -0.3 is 14.7 Å². The molecule has 2 aromatic carbocycles. The molecule has 0 spiro atoms. The van der Waals surface area contributed by atoms with Crippen molar-refractivity contribution in [2.75, 3.05) is 24.8 Å². The van der Waals surface area contributed by atoms with E-state index in [-0.39, 0.29) is 5.75 Å². The van der Waals surface area contributed by atoms with Gasteiger partial charge in [-0.1, -0.05) is 30.0 Å². The molecular weight excluding hydrogens is 310 g/mol. The molecule has 0 aromatic heterocycles. The first-order valence-electron chi connectivity index (χ1n) is 7.11. The third-order valence-electron chi connectivity index (χ3n) is 3.56. The number of nitrogens with zero attached hydrogens (tertiary/aromatic N) is 3. The maximum Gasteiger partial charge on any atom is 0.190 e. The van der Waals surface area contributed by atoms with E-state index in [0.717, 1.165) is 10.9 Å². The smallest absolute Gasteiger partial charge is 0.190 e. The predicted molar refractivity (Wildman–Crippen MR) is 95.9 cm³/mol. The molecule has 0 saturated carbocycles. The topological polar surface area (TPSA) is 57.4 Å². The summed E-state index contributed by atoms with van der Waals surface area (Å²) in [4.78, 5) is 2.08. The summed E-state index contributed by atoms with van der Waals surface area (Å²) >= 11 is 1.54. The van der Waals surface area contributed by atoms with E-state index in [1.54, 1.807) is 25.3 Å². The molecule has 6 heteroatoms. The fourth-order valence-corrected chi connectivity index (χ4v) is 2.89. The Morgan fingerprint density at radius 2 is 1.91 bits per heavy atom. The van der Waals surface area contributed by atoms with Gasteiger partial charge in [-0.25, -0.2) is 0 Å². The number of phenols is 1. The van der Waals surface area contributed by atoms with Crippen molar-refractivity contribution in [3.8, 4) is 11.5 Å². The molecule has 0 unspecified atom stereocenters. The van der Waals surface area contributed by atoms with Gasteiger partial charge >= 0.3 is 0 Å². The molecule has 0 aliphatic carbocycles. The molecule has 0 bridgehead atoms. The van der Waals surface area contributed by atoms with Crippen LogP contribution in [0.5, 0.6) is 11.5 Å². The number of rotatable bonds is 3. The molecule has 0 fully saturated rings. The predicted octanol–water partition coefficient (Wildman–Crippen LogP) is 3.34. The zero-order valence-corrected chi connectivity index (χ0v) is 13.7. The molecule has 0 amide bonds. The monoisotopic (exact) mass is 327 g/mol. The molecule has 2 aromatic rings. The summed E-state index contributed by atoms with van der Waals surface area (Å²) < 4.78 is 5.23. The lowest BCUT2D eigenvalue weighted by molar-refractivity contribution is 0.412. The molecule has 0 radical (unpaired) electrons. The highest BCUT2D eigenvalue weighted by Crippen LogP contribution is 2.27. The lowest BCUT2D eigenvalue weighted by atomic mass is 10.1. The largest absolute Gasteiger partial charge is 0.507 e. The first-order valence-corrected chi connectivity index (χ1v) is 8.34. The summed E-state index contributed by atoms with van der Waals surface area (Å²) in [5, 5.41) is 19.6. The van der Waals surface area contributed by atoms with Crippen LogP contribution in [0.25, 0.3) is 0 Å². The third-order valence-corrected chi connectivity index (χ3v) is 4.23. The lowest BCUT2D eigenvalue weighted by Gasteiger charge is -2.27. The zero-order chi connectivity index (χ0) is 16.2. The SMILES string of the molecule is COc1ccc(O)c(C2=NN=C(SC)N(c3ccccc3)C2)c1. The fraction of sp³-hybridized carbons (Fsp3) is 0.176. The van der Waals surface area contributed by atoms with E-state index in [4.69, 9.17) is 4.74 Å². The van der Waals surface area contributed by atoms with E-state index in [0.29, 0.717) is 23.6 Å². The first kappa shape index (κ1) is 15.4. The minimum Gasteiger partial charge on any atom is -0.507 e. The van der Waals surface area contributed by atoms with E-state index in [1.807, 2.05) is 36.6 Å². The van der Waals surface area contributed by atoms with Gasteiger partial charge in [0.2, 0.25) is 0 Å². The Morgan fingerprint density at radius 1 is 1.13 bits per heavy atom. The highest BCUT2D eigenvalue weighted by atomic mass is 32.2. The van der Waals surface area contributed by atoms with Crippen LogP contribution in [0.15, 0.2) is 58.7 Å². The van der Waals surface area contributed by atoms with Crippen molar-refractivity contribution in [3.05, 3.63) is 54.1 Å². The maximum absolute atomic E-state index is 10.2. The average Bonchev–Trinajstić information content (AvgIpc) is 2.62. The van der Waals surface area contributed by atoms with Crippen LogP contribution in [0.3, 0.4) is 0 Å². The molecule has 3 rings (SSSR count). The summed E-state index contributed by atoms with van der Waals surface area (Å²) in [7, 11) is 1.60. The van der Waals surface area contributed by atoms with E-state index in [9.17, 15) is 5.11 Å². The van der Waals surface area contributed by atoms with Crippen molar-refractivity contribution in [2.45, 2.75) is 0 Å². The number of ether oxygens (including phenoxy) is 1. The fourth-order valence-electron chi connectivity index (χ4n) is 2.38. The van der Waals surface area contributed by atoms with E-state index in [2.05, 4.69) is 15.1 Å². The van der Waals surface area contributed by atoms with Crippen LogP contribution in [0.1, 0.15) is 5.56 Å². The Hall–Kier alpha value is -2.47. The minimum atomic E-state index is 0.167. The van der Waals surface area contributed by atoms with Crippen LogP contribution in [-0.2, 0) is 0 Å². The summed E-state index contributed by atoms with van der Waals surface area (Å²) in [6.45, 7) is 0.532. The average molecular weight is 327 g/mol. The van der Waals surface area contributed by atoms with E-state index in [1.165, 1.54) is 11.8 Å². The standard InChI is InChI=1S/C17H17N3O2S/c1-22-13-8-9-16(21)14(10-13)15-11-20(17(23-2)19-18-15)12-6-4-3-5-7-12/h3-10,21H,11H2,1-2H3. The second kappa shape index (κ2) is 6.75. The number of phenolic OH excluding ortho intramolecular Hbond substituents is 1. The Kier molecular flexibility index (Phi) is 4.52. The van der Waals surface area contributed by atoms with Crippen LogP contribution in [0, 0.1) is 0 Å². The van der Waals surface area contributed by atoms with Gasteiger partial charge in [0.15, 0.2) is 5.17 Å². The second-order valence-electron chi connectivity index (χ2n) is 4.94. The van der Waals surface area contributed by atoms with Gasteiger partial charge in [0, 0.05) is 11.3 Å². The van der Waals surface area contributed by atoms with Gasteiger partial charge in [-0.3, -0.25) is 0 Å². The molecule has 0 saturated heterocycles. The molecule has 5 nitrogen and oxygen atoms in total. The number of amidine groups is 1. The summed E-state index contributed by atoms with van der Waals surface area (Å²) in [6.07, 6.45) is 1.97. The van der Waals surface area contributed by atoms with Gasteiger partial charge in [-0.2, -0.15) is 5.10 Å². The highest BCUT2D eigenvalue weighted by Gasteiger charge is 2.22.